The van der Waals surface area contributed by atoms with E-state index < -0.39 is 23.6 Å². The van der Waals surface area contributed by atoms with Crippen molar-refractivity contribution in [2.75, 3.05) is 0 Å². The normalized spacial score (nSPS) is 12.5. The third-order valence-corrected chi connectivity index (χ3v) is 5.16. The Hall–Kier alpha value is -1.42. The van der Waals surface area contributed by atoms with Crippen LogP contribution in [0.5, 0.6) is 0 Å². The highest BCUT2D eigenvalue weighted by molar-refractivity contribution is 7.89. The van der Waals surface area contributed by atoms with E-state index in [9.17, 15) is 13.2 Å². The summed E-state index contributed by atoms with van der Waals surface area (Å²) in [5.41, 5.74) is 3.35. The number of carbonyl (C=O) groups excluding carboxylic acids is 1. The molecule has 0 aliphatic carbocycles. The third-order valence-electron chi connectivity index (χ3n) is 2.45. The predicted octanol–water partition coefficient (Wildman–Crippen LogP) is 2.80. The van der Waals surface area contributed by atoms with Gasteiger partial charge < -0.3 is 0 Å². The van der Waals surface area contributed by atoms with E-state index in [0.29, 0.717) is 11.8 Å². The maximum absolute atomic E-state index is 12.4. The van der Waals surface area contributed by atoms with E-state index in [2.05, 4.69) is 35.8 Å². The lowest BCUT2D eigenvalue weighted by molar-refractivity contribution is 0.112. The first-order valence-corrected chi connectivity index (χ1v) is 12.0. The molecule has 0 amide bonds. The van der Waals surface area contributed by atoms with Crippen molar-refractivity contribution in [3.63, 3.8) is 0 Å². The monoisotopic (exact) mass is 337 g/mol. The van der Waals surface area contributed by atoms with Gasteiger partial charge >= 0.3 is 0 Å². The molecule has 0 bridgehead atoms. The molecule has 0 saturated heterocycles. The number of nitrogens with one attached hydrogen (secondary N) is 1. The van der Waals surface area contributed by atoms with E-state index >= 15 is 0 Å². The van der Waals surface area contributed by atoms with Crippen LogP contribution in [0, 0.1) is 11.5 Å². The van der Waals surface area contributed by atoms with Crippen LogP contribution in [0.4, 0.5) is 0 Å². The van der Waals surface area contributed by atoms with E-state index in [-0.39, 0.29) is 10.5 Å². The van der Waals surface area contributed by atoms with Gasteiger partial charge in [0.15, 0.2) is 6.29 Å². The first-order valence-electron chi connectivity index (χ1n) is 7.00. The average Bonchev–Trinajstić information content (AvgIpc) is 2.32. The number of hydrogen-bond acceptors (Lipinski definition) is 3. The summed E-state index contributed by atoms with van der Waals surface area (Å²) in [7, 11) is -5.27. The largest absolute Gasteiger partial charge is 0.298 e. The Labute approximate surface area is 134 Å². The topological polar surface area (TPSA) is 63.2 Å². The quantitative estimate of drug-likeness (QED) is 0.524. The molecule has 0 aliphatic heterocycles. The Morgan fingerprint density at radius 1 is 1.18 bits per heavy atom. The van der Waals surface area contributed by atoms with Gasteiger partial charge in [-0.15, -0.1) is 5.54 Å². The summed E-state index contributed by atoms with van der Waals surface area (Å²) >= 11 is 0. The molecule has 0 fully saturated rings. The molecule has 4 nitrogen and oxygen atoms in total. The highest BCUT2D eigenvalue weighted by Crippen LogP contribution is 2.18. The number of hydrogen-bond donors (Lipinski definition) is 1. The van der Waals surface area contributed by atoms with Gasteiger partial charge in [0.2, 0.25) is 10.0 Å². The number of carbonyl (C=O) groups is 1. The standard InChI is InChI=1S/C16H23NO3SSi/c1-16(2,3)17-21(19,20)15-8-7-13(11-14(15)12-18)9-10-22(4,5)6/h7-8,11-12,17H,1-6H3. The molecule has 1 N–H and O–H groups in total. The molecule has 1 aromatic carbocycles. The number of aldehydes is 1. The van der Waals surface area contributed by atoms with Crippen LogP contribution < -0.4 is 4.72 Å². The van der Waals surface area contributed by atoms with Gasteiger partial charge in [0.25, 0.3) is 0 Å². The van der Waals surface area contributed by atoms with Crippen LogP contribution in [0.1, 0.15) is 36.7 Å². The summed E-state index contributed by atoms with van der Waals surface area (Å²) in [6.45, 7) is 11.6. The van der Waals surface area contributed by atoms with Crippen molar-refractivity contribution < 1.29 is 13.2 Å². The molecule has 120 valence electrons. The van der Waals surface area contributed by atoms with Gasteiger partial charge in [-0.3, -0.25) is 4.79 Å². The minimum Gasteiger partial charge on any atom is -0.298 e. The second kappa shape index (κ2) is 6.37. The Kier molecular flexibility index (Phi) is 5.39. The molecule has 0 saturated carbocycles. The zero-order chi connectivity index (χ0) is 17.2. The molecule has 0 spiro atoms. The fourth-order valence-electron chi connectivity index (χ4n) is 1.68. The molecule has 0 aliphatic rings. The SMILES string of the molecule is CC(C)(C)NS(=O)(=O)c1ccc(C#C[Si](C)(C)C)cc1C=O. The van der Waals surface area contributed by atoms with Gasteiger partial charge in [0.1, 0.15) is 8.07 Å². The van der Waals surface area contributed by atoms with Crippen molar-refractivity contribution in [2.45, 2.75) is 50.8 Å². The van der Waals surface area contributed by atoms with Crippen molar-refractivity contribution in [1.29, 1.82) is 0 Å². The minimum atomic E-state index is -3.74. The van der Waals surface area contributed by atoms with Crippen molar-refractivity contribution in [1.82, 2.24) is 4.72 Å². The molecule has 1 rings (SSSR count). The van der Waals surface area contributed by atoms with Gasteiger partial charge in [0.05, 0.1) is 4.90 Å². The highest BCUT2D eigenvalue weighted by Gasteiger charge is 2.24. The Morgan fingerprint density at radius 3 is 2.23 bits per heavy atom. The van der Waals surface area contributed by atoms with E-state index in [1.165, 1.54) is 12.1 Å². The number of benzene rings is 1. The van der Waals surface area contributed by atoms with Gasteiger partial charge in [0, 0.05) is 16.7 Å². The number of rotatable bonds is 3. The first kappa shape index (κ1) is 18.6. The summed E-state index contributed by atoms with van der Waals surface area (Å²) in [5, 5.41) is 0. The molecule has 0 heterocycles. The smallest absolute Gasteiger partial charge is 0.241 e. The summed E-state index contributed by atoms with van der Waals surface area (Å²) < 4.78 is 27.3. The molecule has 0 radical (unpaired) electrons. The van der Waals surface area contributed by atoms with Gasteiger partial charge in [-0.05, 0) is 39.0 Å². The second-order valence-electron chi connectivity index (χ2n) is 7.23. The second-order valence-corrected chi connectivity index (χ2v) is 13.6. The van der Waals surface area contributed by atoms with Crippen molar-refractivity contribution in [2.24, 2.45) is 0 Å². The van der Waals surface area contributed by atoms with Crippen LogP contribution in [-0.4, -0.2) is 28.3 Å². The van der Waals surface area contributed by atoms with Gasteiger partial charge in [-0.2, -0.15) is 0 Å². The maximum atomic E-state index is 12.4. The Bertz CT molecular complexity index is 729. The van der Waals surface area contributed by atoms with Crippen LogP contribution in [0.25, 0.3) is 0 Å². The molecule has 22 heavy (non-hydrogen) atoms. The minimum absolute atomic E-state index is 0.0176. The zero-order valence-corrected chi connectivity index (χ0v) is 15.8. The zero-order valence-electron chi connectivity index (χ0n) is 13.9. The average molecular weight is 338 g/mol. The van der Waals surface area contributed by atoms with Crippen LogP contribution in [0.3, 0.4) is 0 Å². The molecule has 0 atom stereocenters. The lowest BCUT2D eigenvalue weighted by atomic mass is 10.1. The fourth-order valence-corrected chi connectivity index (χ4v) is 3.78. The molecule has 0 unspecified atom stereocenters. The van der Waals surface area contributed by atoms with E-state index in [1.54, 1.807) is 26.8 Å². The van der Waals surface area contributed by atoms with Crippen LogP contribution >= 0.6 is 0 Å². The van der Waals surface area contributed by atoms with Crippen molar-refractivity contribution in [3.05, 3.63) is 29.3 Å². The lowest BCUT2D eigenvalue weighted by Gasteiger charge is -2.21. The predicted molar refractivity (Wildman–Crippen MR) is 92.1 cm³/mol. The molecular weight excluding hydrogens is 314 g/mol. The van der Waals surface area contributed by atoms with Gasteiger partial charge in [-0.25, -0.2) is 13.1 Å². The molecule has 6 heteroatoms. The van der Waals surface area contributed by atoms with E-state index in [4.69, 9.17) is 0 Å². The van der Waals surface area contributed by atoms with Crippen LogP contribution in [0.2, 0.25) is 19.6 Å². The van der Waals surface area contributed by atoms with Crippen LogP contribution in [0.15, 0.2) is 23.1 Å². The highest BCUT2D eigenvalue weighted by atomic mass is 32.2. The van der Waals surface area contributed by atoms with Crippen molar-refractivity contribution >= 4 is 24.4 Å². The summed E-state index contributed by atoms with van der Waals surface area (Å²) in [5.74, 6) is 3.02. The summed E-state index contributed by atoms with van der Waals surface area (Å²) in [4.78, 5) is 11.2. The van der Waals surface area contributed by atoms with E-state index in [1.807, 2.05) is 0 Å². The van der Waals surface area contributed by atoms with Crippen molar-refractivity contribution in [3.8, 4) is 11.5 Å². The van der Waals surface area contributed by atoms with Crippen LogP contribution in [-0.2, 0) is 10.0 Å². The molecule has 1 aromatic rings. The number of sulfonamides is 1. The maximum Gasteiger partial charge on any atom is 0.241 e. The Morgan fingerprint density at radius 2 is 1.77 bits per heavy atom. The summed E-state index contributed by atoms with van der Waals surface area (Å²) in [6, 6.07) is 4.60. The van der Waals surface area contributed by atoms with E-state index in [0.717, 1.165) is 0 Å². The fraction of sp³-hybridized carbons (Fsp3) is 0.438. The Balaban J connectivity index is 3.30. The third kappa shape index (κ3) is 5.76. The lowest BCUT2D eigenvalue weighted by Crippen LogP contribution is -2.40. The van der Waals surface area contributed by atoms with Gasteiger partial charge in [-0.1, -0.05) is 25.6 Å². The molecule has 0 aromatic heterocycles. The summed E-state index contributed by atoms with van der Waals surface area (Å²) in [6.07, 6.45) is 0.553. The molecular formula is C16H23NO3SSi. The first-order chi connectivity index (χ1) is 9.84.